The molecule has 4 heteroatoms. The highest BCUT2D eigenvalue weighted by Gasteiger charge is 2.11. The molecule has 2 N–H and O–H groups in total. The summed E-state index contributed by atoms with van der Waals surface area (Å²) in [4.78, 5) is 2.22. The normalized spacial score (nSPS) is 13.6. The van der Waals surface area contributed by atoms with Crippen LogP contribution in [0.4, 0.5) is 0 Å². The number of nitrogens with zero attached hydrogens (tertiary/aromatic N) is 1. The zero-order chi connectivity index (χ0) is 9.84. The predicted octanol–water partition coefficient (Wildman–Crippen LogP) is 2.35. The first-order chi connectivity index (χ1) is 6.15. The summed E-state index contributed by atoms with van der Waals surface area (Å²) in [6, 6.07) is 2.41. The summed E-state index contributed by atoms with van der Waals surface area (Å²) in [7, 11) is 2.07. The summed E-state index contributed by atoms with van der Waals surface area (Å²) >= 11 is 7.44. The van der Waals surface area contributed by atoms with Crippen molar-refractivity contribution in [3.63, 3.8) is 0 Å². The van der Waals surface area contributed by atoms with E-state index in [1.165, 1.54) is 5.56 Å². The predicted molar refractivity (Wildman–Crippen MR) is 59.4 cm³/mol. The minimum atomic E-state index is 0.396. The third kappa shape index (κ3) is 2.95. The molecule has 2 nitrogen and oxygen atoms in total. The lowest BCUT2D eigenvalue weighted by atomic mass is 10.1. The summed E-state index contributed by atoms with van der Waals surface area (Å²) in [6.45, 7) is 3.77. The van der Waals surface area contributed by atoms with Crippen LogP contribution < -0.4 is 5.73 Å². The third-order valence-electron chi connectivity index (χ3n) is 2.21. The first-order valence-electron chi connectivity index (χ1n) is 4.29. The van der Waals surface area contributed by atoms with Crippen molar-refractivity contribution in [1.29, 1.82) is 0 Å². The van der Waals surface area contributed by atoms with Crippen LogP contribution in [0.25, 0.3) is 0 Å². The average Bonchev–Trinajstić information content (AvgIpc) is 2.51. The molecule has 1 atom stereocenters. The van der Waals surface area contributed by atoms with E-state index in [-0.39, 0.29) is 0 Å². The molecule has 1 heterocycles. The van der Waals surface area contributed by atoms with Crippen LogP contribution in [-0.4, -0.2) is 25.0 Å². The average molecular weight is 219 g/mol. The Kier molecular flexibility index (Phi) is 4.19. The van der Waals surface area contributed by atoms with Crippen molar-refractivity contribution >= 4 is 22.9 Å². The Morgan fingerprint density at radius 2 is 2.38 bits per heavy atom. The highest BCUT2D eigenvalue weighted by atomic mass is 35.5. The molecule has 0 saturated carbocycles. The number of likely N-dealkylation sites (N-methyl/N-ethyl adjacent to an activating group) is 1. The van der Waals surface area contributed by atoms with Crippen molar-refractivity contribution in [2.24, 2.45) is 5.73 Å². The van der Waals surface area contributed by atoms with Crippen LogP contribution in [0.3, 0.4) is 0 Å². The summed E-state index contributed by atoms with van der Waals surface area (Å²) in [5, 5.41) is 2.10. The molecule has 0 spiro atoms. The second-order valence-electron chi connectivity index (χ2n) is 3.13. The summed E-state index contributed by atoms with van der Waals surface area (Å²) < 4.78 is 0.850. The standard InChI is InChI=1S/C9H15ClN2S/c1-7(12(2)4-3-11)8-5-9(10)13-6-8/h5-7H,3-4,11H2,1-2H3. The van der Waals surface area contributed by atoms with Gasteiger partial charge < -0.3 is 5.73 Å². The lowest BCUT2D eigenvalue weighted by molar-refractivity contribution is 0.269. The van der Waals surface area contributed by atoms with Gasteiger partial charge in [0.05, 0.1) is 4.34 Å². The quantitative estimate of drug-likeness (QED) is 0.841. The van der Waals surface area contributed by atoms with Crippen LogP contribution in [0.5, 0.6) is 0 Å². The zero-order valence-corrected chi connectivity index (χ0v) is 9.53. The number of thiophene rings is 1. The molecular formula is C9H15ClN2S. The van der Waals surface area contributed by atoms with Crippen molar-refractivity contribution in [3.8, 4) is 0 Å². The number of hydrogen-bond donors (Lipinski definition) is 1. The highest BCUT2D eigenvalue weighted by Crippen LogP contribution is 2.27. The van der Waals surface area contributed by atoms with Crippen LogP contribution in [0.1, 0.15) is 18.5 Å². The van der Waals surface area contributed by atoms with E-state index < -0.39 is 0 Å². The molecule has 0 aromatic carbocycles. The zero-order valence-electron chi connectivity index (χ0n) is 7.96. The van der Waals surface area contributed by atoms with E-state index in [1.54, 1.807) is 11.3 Å². The Balaban J connectivity index is 2.61. The van der Waals surface area contributed by atoms with Crippen molar-refractivity contribution in [2.75, 3.05) is 20.1 Å². The molecule has 0 fully saturated rings. The van der Waals surface area contributed by atoms with E-state index >= 15 is 0 Å². The Hall–Kier alpha value is -0.0900. The van der Waals surface area contributed by atoms with Gasteiger partial charge in [-0.25, -0.2) is 0 Å². The first kappa shape index (κ1) is 11.0. The Morgan fingerprint density at radius 1 is 1.69 bits per heavy atom. The topological polar surface area (TPSA) is 29.3 Å². The molecular weight excluding hydrogens is 204 g/mol. The molecule has 0 aliphatic heterocycles. The number of hydrogen-bond acceptors (Lipinski definition) is 3. The molecule has 1 rings (SSSR count). The fourth-order valence-electron chi connectivity index (χ4n) is 1.19. The molecule has 0 saturated heterocycles. The van der Waals surface area contributed by atoms with Crippen LogP contribution in [0.15, 0.2) is 11.4 Å². The number of nitrogens with two attached hydrogens (primary N) is 1. The van der Waals surface area contributed by atoms with Crippen molar-refractivity contribution < 1.29 is 0 Å². The SMILES string of the molecule is CC(c1csc(Cl)c1)N(C)CCN. The summed E-state index contributed by atoms with van der Waals surface area (Å²) in [5.74, 6) is 0. The van der Waals surface area contributed by atoms with Gasteiger partial charge in [0, 0.05) is 19.1 Å². The molecule has 0 radical (unpaired) electrons. The van der Waals surface area contributed by atoms with Gasteiger partial charge in [-0.3, -0.25) is 4.90 Å². The fraction of sp³-hybridized carbons (Fsp3) is 0.556. The van der Waals surface area contributed by atoms with Gasteiger partial charge in [0.1, 0.15) is 0 Å². The van der Waals surface area contributed by atoms with Crippen molar-refractivity contribution in [2.45, 2.75) is 13.0 Å². The fourth-order valence-corrected chi connectivity index (χ4v) is 2.17. The smallest absolute Gasteiger partial charge is 0.0931 e. The second kappa shape index (κ2) is 4.96. The van der Waals surface area contributed by atoms with Gasteiger partial charge in [-0.15, -0.1) is 11.3 Å². The maximum atomic E-state index is 5.86. The number of halogens is 1. The highest BCUT2D eigenvalue weighted by molar-refractivity contribution is 7.14. The van der Waals surface area contributed by atoms with E-state index in [0.717, 1.165) is 10.9 Å². The van der Waals surface area contributed by atoms with E-state index in [9.17, 15) is 0 Å². The van der Waals surface area contributed by atoms with Gasteiger partial charge >= 0.3 is 0 Å². The molecule has 74 valence electrons. The second-order valence-corrected chi connectivity index (χ2v) is 4.67. The van der Waals surface area contributed by atoms with E-state index in [0.29, 0.717) is 12.6 Å². The monoisotopic (exact) mass is 218 g/mol. The molecule has 0 bridgehead atoms. The Labute approximate surface area is 88.3 Å². The molecule has 0 amide bonds. The molecule has 1 aromatic rings. The van der Waals surface area contributed by atoms with Crippen LogP contribution in [0, 0.1) is 0 Å². The lowest BCUT2D eigenvalue weighted by Crippen LogP contribution is -2.27. The first-order valence-corrected chi connectivity index (χ1v) is 5.55. The molecule has 0 aliphatic carbocycles. The molecule has 1 unspecified atom stereocenters. The van der Waals surface area contributed by atoms with Crippen molar-refractivity contribution in [1.82, 2.24) is 4.90 Å². The largest absolute Gasteiger partial charge is 0.329 e. The summed E-state index contributed by atoms with van der Waals surface area (Å²) in [6.07, 6.45) is 0. The van der Waals surface area contributed by atoms with Gasteiger partial charge in [-0.1, -0.05) is 11.6 Å². The van der Waals surface area contributed by atoms with Gasteiger partial charge in [0.15, 0.2) is 0 Å². The lowest BCUT2D eigenvalue weighted by Gasteiger charge is -2.23. The summed E-state index contributed by atoms with van der Waals surface area (Å²) in [5.41, 5.74) is 6.75. The van der Waals surface area contributed by atoms with Crippen LogP contribution in [0.2, 0.25) is 4.34 Å². The molecule has 1 aromatic heterocycles. The molecule has 13 heavy (non-hydrogen) atoms. The van der Waals surface area contributed by atoms with E-state index in [4.69, 9.17) is 17.3 Å². The maximum absolute atomic E-state index is 5.86. The van der Waals surface area contributed by atoms with Gasteiger partial charge in [0.2, 0.25) is 0 Å². The minimum Gasteiger partial charge on any atom is -0.329 e. The number of rotatable bonds is 4. The Bertz CT molecular complexity index is 262. The Morgan fingerprint density at radius 3 is 2.85 bits per heavy atom. The minimum absolute atomic E-state index is 0.396. The van der Waals surface area contributed by atoms with E-state index in [2.05, 4.69) is 24.3 Å². The van der Waals surface area contributed by atoms with Crippen molar-refractivity contribution in [3.05, 3.63) is 21.3 Å². The third-order valence-corrected chi connectivity index (χ3v) is 3.32. The maximum Gasteiger partial charge on any atom is 0.0931 e. The van der Waals surface area contributed by atoms with Gasteiger partial charge in [-0.05, 0) is 31.0 Å². The van der Waals surface area contributed by atoms with Gasteiger partial charge in [0.25, 0.3) is 0 Å². The van der Waals surface area contributed by atoms with Gasteiger partial charge in [-0.2, -0.15) is 0 Å². The van der Waals surface area contributed by atoms with E-state index in [1.807, 2.05) is 6.07 Å². The van der Waals surface area contributed by atoms with Crippen LogP contribution in [-0.2, 0) is 0 Å². The molecule has 0 aliphatic rings. The van der Waals surface area contributed by atoms with Crippen LogP contribution >= 0.6 is 22.9 Å².